The summed E-state index contributed by atoms with van der Waals surface area (Å²) in [6.45, 7) is 6.31. The molecule has 0 aliphatic carbocycles. The zero-order valence-electron chi connectivity index (χ0n) is 23.5. The van der Waals surface area contributed by atoms with Gasteiger partial charge >= 0.3 is 6.01 Å². The first-order valence-electron chi connectivity index (χ1n) is 14.5. The fourth-order valence-electron chi connectivity index (χ4n) is 6.25. The van der Waals surface area contributed by atoms with E-state index in [1.807, 2.05) is 0 Å². The number of piperazine rings is 1. The quantitative estimate of drug-likeness (QED) is 0.468. The number of ether oxygens (including phenoxy) is 1. The van der Waals surface area contributed by atoms with Crippen molar-refractivity contribution in [2.75, 3.05) is 49.1 Å². The maximum Gasteiger partial charge on any atom is 0.318 e. The summed E-state index contributed by atoms with van der Waals surface area (Å²) in [5.74, 6) is 5.98. The Kier molecular flexibility index (Phi) is 7.89. The van der Waals surface area contributed by atoms with Gasteiger partial charge in [0.1, 0.15) is 12.4 Å². The molecule has 1 unspecified atom stereocenters. The Labute approximate surface area is 241 Å². The molecule has 2 saturated heterocycles. The molecule has 1 aromatic heterocycles. The number of nitrogens with one attached hydrogen (secondary N) is 1. The van der Waals surface area contributed by atoms with Gasteiger partial charge in [0.15, 0.2) is 0 Å². The van der Waals surface area contributed by atoms with Crippen molar-refractivity contribution in [3.05, 3.63) is 53.7 Å². The van der Waals surface area contributed by atoms with Gasteiger partial charge in [-0.25, -0.2) is 0 Å². The van der Waals surface area contributed by atoms with Gasteiger partial charge in [0, 0.05) is 48.9 Å². The minimum absolute atomic E-state index is 0.226. The molecule has 1 amide bonds. The molecule has 2 fully saturated rings. The van der Waals surface area contributed by atoms with Crippen LogP contribution in [0.3, 0.4) is 0 Å². The van der Waals surface area contributed by atoms with Crippen LogP contribution in [-0.2, 0) is 17.8 Å². The molecule has 41 heavy (non-hydrogen) atoms. The number of hydrogen-bond acceptors (Lipinski definition) is 8. The third-order valence-electron chi connectivity index (χ3n) is 8.31. The minimum Gasteiger partial charge on any atom is -0.462 e. The SMILES string of the molecule is CC#CC(=O)N1CCN(c2nc(OC[C@@H]3CCCN3)nc3c2CCN(c2cccc4ccccc24)C3)CC1CC#N. The summed E-state index contributed by atoms with van der Waals surface area (Å²) >= 11 is 0. The Balaban J connectivity index is 1.32. The molecule has 0 bridgehead atoms. The van der Waals surface area contributed by atoms with E-state index >= 15 is 0 Å². The molecule has 4 heterocycles. The van der Waals surface area contributed by atoms with Gasteiger partial charge in [0.2, 0.25) is 0 Å². The number of amides is 1. The van der Waals surface area contributed by atoms with Crippen molar-refractivity contribution in [2.24, 2.45) is 0 Å². The molecule has 3 aromatic rings. The Hall–Kier alpha value is -4.34. The second-order valence-electron chi connectivity index (χ2n) is 10.9. The van der Waals surface area contributed by atoms with E-state index in [2.05, 4.69) is 75.5 Å². The predicted octanol–water partition coefficient (Wildman–Crippen LogP) is 3.28. The summed E-state index contributed by atoms with van der Waals surface area (Å²) in [4.78, 5) is 28.9. The first kappa shape index (κ1) is 26.9. The van der Waals surface area contributed by atoms with Crippen molar-refractivity contribution in [1.29, 1.82) is 5.26 Å². The van der Waals surface area contributed by atoms with Gasteiger partial charge in [-0.1, -0.05) is 42.3 Å². The van der Waals surface area contributed by atoms with Gasteiger partial charge in [0.05, 0.1) is 30.8 Å². The van der Waals surface area contributed by atoms with Gasteiger partial charge in [0.25, 0.3) is 5.91 Å². The first-order chi connectivity index (χ1) is 20.1. The number of nitrogens with zero attached hydrogens (tertiary/aromatic N) is 6. The standard InChI is InChI=1S/C32H35N7O2/c1-2-7-30(40)39-19-18-38(20-25(39)13-15-33)31-27-14-17-37(29-12-5-9-23-8-3-4-11-26(23)29)21-28(27)35-32(36-31)41-22-24-10-6-16-34-24/h3-5,8-9,11-12,24-25,34H,6,10,13-14,16-22H2,1H3/t24-,25?/m0/s1. The van der Waals surface area contributed by atoms with Gasteiger partial charge in [-0.2, -0.15) is 15.2 Å². The van der Waals surface area contributed by atoms with E-state index in [1.54, 1.807) is 11.8 Å². The Morgan fingerprint density at radius 2 is 2.00 bits per heavy atom. The zero-order valence-corrected chi connectivity index (χ0v) is 23.5. The molecule has 3 aliphatic rings. The van der Waals surface area contributed by atoms with E-state index < -0.39 is 0 Å². The molecule has 3 aliphatic heterocycles. The summed E-state index contributed by atoms with van der Waals surface area (Å²) in [5, 5.41) is 15.5. The second-order valence-corrected chi connectivity index (χ2v) is 10.9. The highest BCUT2D eigenvalue weighted by Crippen LogP contribution is 2.34. The lowest BCUT2D eigenvalue weighted by Crippen LogP contribution is -2.55. The van der Waals surface area contributed by atoms with Crippen LogP contribution in [0, 0.1) is 23.2 Å². The highest BCUT2D eigenvalue weighted by molar-refractivity contribution is 5.94. The monoisotopic (exact) mass is 549 g/mol. The molecule has 6 rings (SSSR count). The Morgan fingerprint density at radius 3 is 2.83 bits per heavy atom. The topological polar surface area (TPSA) is 97.6 Å². The van der Waals surface area contributed by atoms with Gasteiger partial charge in [-0.15, -0.1) is 0 Å². The molecule has 0 saturated carbocycles. The Morgan fingerprint density at radius 1 is 1.12 bits per heavy atom. The molecule has 9 heteroatoms. The average molecular weight is 550 g/mol. The number of rotatable bonds is 6. The molecular formula is C32H35N7O2. The van der Waals surface area contributed by atoms with Crippen molar-refractivity contribution in [3.63, 3.8) is 0 Å². The molecule has 2 aromatic carbocycles. The van der Waals surface area contributed by atoms with Crippen LogP contribution in [0.4, 0.5) is 11.5 Å². The minimum atomic E-state index is -0.254. The number of nitriles is 1. The molecule has 0 radical (unpaired) electrons. The molecule has 210 valence electrons. The molecule has 0 spiro atoms. The maximum atomic E-state index is 12.7. The fraction of sp³-hybridized carbons (Fsp3) is 0.438. The van der Waals surface area contributed by atoms with E-state index in [1.165, 1.54) is 16.5 Å². The maximum absolute atomic E-state index is 12.7. The number of aromatic nitrogens is 2. The summed E-state index contributed by atoms with van der Waals surface area (Å²) in [7, 11) is 0. The van der Waals surface area contributed by atoms with Crippen LogP contribution in [0.1, 0.15) is 37.4 Å². The van der Waals surface area contributed by atoms with E-state index in [0.717, 1.165) is 49.4 Å². The van der Waals surface area contributed by atoms with Crippen LogP contribution in [0.5, 0.6) is 6.01 Å². The largest absolute Gasteiger partial charge is 0.462 e. The number of anilines is 2. The molecular weight excluding hydrogens is 514 g/mol. The average Bonchev–Trinajstić information content (AvgIpc) is 3.53. The second kappa shape index (κ2) is 12.0. The fourth-order valence-corrected chi connectivity index (χ4v) is 6.25. The van der Waals surface area contributed by atoms with E-state index in [0.29, 0.717) is 44.8 Å². The summed E-state index contributed by atoms with van der Waals surface area (Å²) in [6.07, 6.45) is 3.27. The summed E-state index contributed by atoms with van der Waals surface area (Å²) in [5.41, 5.74) is 3.29. The normalized spacial score (nSPS) is 20.2. The number of fused-ring (bicyclic) bond motifs is 2. The summed E-state index contributed by atoms with van der Waals surface area (Å²) < 4.78 is 6.20. The predicted molar refractivity (Wildman–Crippen MR) is 159 cm³/mol. The van der Waals surface area contributed by atoms with Gasteiger partial charge in [-0.05, 0) is 50.1 Å². The zero-order chi connectivity index (χ0) is 28.2. The van der Waals surface area contributed by atoms with E-state index in [4.69, 9.17) is 14.7 Å². The lowest BCUT2D eigenvalue weighted by molar-refractivity contribution is -0.127. The highest BCUT2D eigenvalue weighted by atomic mass is 16.5. The number of benzene rings is 2. The van der Waals surface area contributed by atoms with Crippen molar-refractivity contribution < 1.29 is 9.53 Å². The van der Waals surface area contributed by atoms with Crippen LogP contribution in [0.25, 0.3) is 10.8 Å². The number of hydrogen-bond donors (Lipinski definition) is 1. The first-order valence-corrected chi connectivity index (χ1v) is 14.5. The lowest BCUT2D eigenvalue weighted by atomic mass is 10.0. The third kappa shape index (κ3) is 5.64. The van der Waals surface area contributed by atoms with Crippen LogP contribution < -0.4 is 19.9 Å². The van der Waals surface area contributed by atoms with Crippen molar-refractivity contribution in [2.45, 2.75) is 51.2 Å². The summed E-state index contributed by atoms with van der Waals surface area (Å²) in [6, 6.07) is 17.6. The number of carbonyl (C=O) groups is 1. The van der Waals surface area contributed by atoms with Crippen molar-refractivity contribution in [3.8, 4) is 23.9 Å². The van der Waals surface area contributed by atoms with Crippen LogP contribution >= 0.6 is 0 Å². The van der Waals surface area contributed by atoms with Crippen LogP contribution in [0.2, 0.25) is 0 Å². The van der Waals surface area contributed by atoms with Gasteiger partial charge in [-0.3, -0.25) is 4.79 Å². The molecule has 2 atom stereocenters. The smallest absolute Gasteiger partial charge is 0.318 e. The van der Waals surface area contributed by atoms with E-state index in [-0.39, 0.29) is 18.4 Å². The molecule has 1 N–H and O–H groups in total. The molecule has 9 nitrogen and oxygen atoms in total. The Bertz CT molecular complexity index is 1530. The van der Waals surface area contributed by atoms with Crippen molar-refractivity contribution >= 4 is 28.2 Å². The van der Waals surface area contributed by atoms with Crippen LogP contribution in [-0.4, -0.2) is 72.2 Å². The van der Waals surface area contributed by atoms with Gasteiger partial charge < -0.3 is 24.8 Å². The lowest BCUT2D eigenvalue weighted by Gasteiger charge is -2.41. The highest BCUT2D eigenvalue weighted by Gasteiger charge is 2.33. The number of carbonyl (C=O) groups excluding carboxylic acids is 1. The van der Waals surface area contributed by atoms with E-state index in [9.17, 15) is 10.1 Å². The third-order valence-corrected chi connectivity index (χ3v) is 8.31. The van der Waals surface area contributed by atoms with Crippen LogP contribution in [0.15, 0.2) is 42.5 Å². The van der Waals surface area contributed by atoms with Crippen molar-refractivity contribution in [1.82, 2.24) is 20.2 Å².